The molecular formula is C20H30N4O2. The number of aryl methyl sites for hydroxylation is 1. The fourth-order valence-corrected chi connectivity index (χ4v) is 3.54. The van der Waals surface area contributed by atoms with Crippen molar-refractivity contribution in [3.63, 3.8) is 0 Å². The number of piperazine rings is 2. The van der Waals surface area contributed by atoms with Crippen LogP contribution in [0, 0.1) is 6.92 Å². The zero-order chi connectivity index (χ0) is 18.4. The lowest BCUT2D eigenvalue weighted by Gasteiger charge is -2.35. The fourth-order valence-electron chi connectivity index (χ4n) is 3.54. The topological polar surface area (TPSA) is 55.9 Å². The van der Waals surface area contributed by atoms with Crippen LogP contribution in [0.25, 0.3) is 0 Å². The van der Waals surface area contributed by atoms with E-state index in [1.807, 2.05) is 21.9 Å². The summed E-state index contributed by atoms with van der Waals surface area (Å²) in [5.74, 6) is 0.453. The molecule has 0 aromatic heterocycles. The third kappa shape index (κ3) is 5.29. The number of nitrogens with zero attached hydrogens (tertiary/aromatic N) is 3. The second kappa shape index (κ2) is 9.14. The van der Waals surface area contributed by atoms with E-state index < -0.39 is 0 Å². The van der Waals surface area contributed by atoms with Gasteiger partial charge >= 0.3 is 0 Å². The Balaban J connectivity index is 1.37. The first-order chi connectivity index (χ1) is 12.6. The first-order valence-corrected chi connectivity index (χ1v) is 9.66. The van der Waals surface area contributed by atoms with E-state index in [-0.39, 0.29) is 11.8 Å². The monoisotopic (exact) mass is 358 g/mol. The lowest BCUT2D eigenvalue weighted by Crippen LogP contribution is -2.50. The Morgan fingerprint density at radius 1 is 0.885 bits per heavy atom. The van der Waals surface area contributed by atoms with Crippen LogP contribution in [0.5, 0.6) is 0 Å². The number of carbonyl (C=O) groups is 2. The Morgan fingerprint density at radius 2 is 1.50 bits per heavy atom. The van der Waals surface area contributed by atoms with Crippen molar-refractivity contribution in [2.45, 2.75) is 19.8 Å². The van der Waals surface area contributed by atoms with Gasteiger partial charge in [-0.1, -0.05) is 29.8 Å². The molecule has 26 heavy (non-hydrogen) atoms. The SMILES string of the molecule is Cc1ccc(CC(=O)N2CCN(CCC(=O)N3CCNCC3)CC2)cc1. The van der Waals surface area contributed by atoms with E-state index in [0.717, 1.165) is 64.5 Å². The summed E-state index contributed by atoms with van der Waals surface area (Å²) in [5.41, 5.74) is 2.29. The van der Waals surface area contributed by atoms with E-state index in [1.54, 1.807) is 0 Å². The molecular weight excluding hydrogens is 328 g/mol. The Hall–Kier alpha value is -1.92. The molecule has 0 saturated carbocycles. The van der Waals surface area contributed by atoms with Gasteiger partial charge in [-0.05, 0) is 12.5 Å². The lowest BCUT2D eigenvalue weighted by molar-refractivity contribution is -0.134. The van der Waals surface area contributed by atoms with Crippen molar-refractivity contribution in [1.29, 1.82) is 0 Å². The smallest absolute Gasteiger partial charge is 0.227 e. The van der Waals surface area contributed by atoms with Gasteiger partial charge in [-0.25, -0.2) is 0 Å². The van der Waals surface area contributed by atoms with Gasteiger partial charge in [-0.3, -0.25) is 14.5 Å². The van der Waals surface area contributed by atoms with E-state index in [0.29, 0.717) is 12.8 Å². The maximum atomic E-state index is 12.5. The van der Waals surface area contributed by atoms with Crippen LogP contribution in [-0.2, 0) is 16.0 Å². The molecule has 2 saturated heterocycles. The fraction of sp³-hybridized carbons (Fsp3) is 0.600. The number of amides is 2. The van der Waals surface area contributed by atoms with Crippen LogP contribution >= 0.6 is 0 Å². The lowest BCUT2D eigenvalue weighted by atomic mass is 10.1. The number of benzene rings is 1. The van der Waals surface area contributed by atoms with Crippen molar-refractivity contribution >= 4 is 11.8 Å². The summed E-state index contributed by atoms with van der Waals surface area (Å²) in [7, 11) is 0. The van der Waals surface area contributed by atoms with Crippen LogP contribution < -0.4 is 5.32 Å². The average Bonchev–Trinajstić information content (AvgIpc) is 2.69. The molecule has 142 valence electrons. The van der Waals surface area contributed by atoms with Gasteiger partial charge in [0.15, 0.2) is 0 Å². The van der Waals surface area contributed by atoms with Crippen LogP contribution in [0.15, 0.2) is 24.3 Å². The predicted octanol–water partition coefficient (Wildman–Crippen LogP) is 0.504. The van der Waals surface area contributed by atoms with Gasteiger partial charge in [0.05, 0.1) is 6.42 Å². The number of rotatable bonds is 5. The van der Waals surface area contributed by atoms with Gasteiger partial charge in [0.25, 0.3) is 0 Å². The molecule has 6 heteroatoms. The third-order valence-electron chi connectivity index (χ3n) is 5.31. The predicted molar refractivity (Wildman–Crippen MR) is 102 cm³/mol. The Kier molecular flexibility index (Phi) is 6.63. The molecule has 2 heterocycles. The molecule has 0 unspecified atom stereocenters. The van der Waals surface area contributed by atoms with Crippen LogP contribution in [0.3, 0.4) is 0 Å². The van der Waals surface area contributed by atoms with Crippen LogP contribution in [-0.4, -0.2) is 85.4 Å². The Bertz CT molecular complexity index is 603. The van der Waals surface area contributed by atoms with Crippen molar-refractivity contribution in [2.75, 3.05) is 58.9 Å². The zero-order valence-electron chi connectivity index (χ0n) is 15.7. The first kappa shape index (κ1) is 18.9. The van der Waals surface area contributed by atoms with Crippen molar-refractivity contribution in [2.24, 2.45) is 0 Å². The number of carbonyl (C=O) groups excluding carboxylic acids is 2. The summed E-state index contributed by atoms with van der Waals surface area (Å²) in [6, 6.07) is 8.17. The second-order valence-electron chi connectivity index (χ2n) is 7.27. The summed E-state index contributed by atoms with van der Waals surface area (Å²) in [4.78, 5) is 30.9. The largest absolute Gasteiger partial charge is 0.340 e. The molecule has 3 rings (SSSR count). The first-order valence-electron chi connectivity index (χ1n) is 9.66. The normalized spacial score (nSPS) is 18.8. The van der Waals surface area contributed by atoms with E-state index in [9.17, 15) is 9.59 Å². The number of hydrogen-bond acceptors (Lipinski definition) is 4. The van der Waals surface area contributed by atoms with E-state index in [4.69, 9.17) is 0 Å². The van der Waals surface area contributed by atoms with Crippen molar-refractivity contribution in [1.82, 2.24) is 20.0 Å². The molecule has 2 aliphatic heterocycles. The summed E-state index contributed by atoms with van der Waals surface area (Å²) in [6.07, 6.45) is 1.05. The summed E-state index contributed by atoms with van der Waals surface area (Å²) in [6.45, 7) is 9.50. The summed E-state index contributed by atoms with van der Waals surface area (Å²) in [5, 5.41) is 3.27. The highest BCUT2D eigenvalue weighted by molar-refractivity contribution is 5.79. The van der Waals surface area contributed by atoms with Crippen LogP contribution in [0.2, 0.25) is 0 Å². The number of nitrogens with one attached hydrogen (secondary N) is 1. The van der Waals surface area contributed by atoms with Gasteiger partial charge < -0.3 is 15.1 Å². The Morgan fingerprint density at radius 3 is 2.15 bits per heavy atom. The van der Waals surface area contributed by atoms with E-state index in [2.05, 4.69) is 29.3 Å². The molecule has 1 aromatic carbocycles. The van der Waals surface area contributed by atoms with E-state index in [1.165, 1.54) is 5.56 Å². The van der Waals surface area contributed by atoms with Gasteiger partial charge in [0.1, 0.15) is 0 Å². The highest BCUT2D eigenvalue weighted by Crippen LogP contribution is 2.09. The molecule has 2 fully saturated rings. The molecule has 2 aliphatic rings. The van der Waals surface area contributed by atoms with Gasteiger partial charge in [-0.15, -0.1) is 0 Å². The molecule has 2 amide bonds. The molecule has 6 nitrogen and oxygen atoms in total. The molecule has 1 aromatic rings. The van der Waals surface area contributed by atoms with Crippen LogP contribution in [0.1, 0.15) is 17.5 Å². The molecule has 0 aliphatic carbocycles. The number of hydrogen-bond donors (Lipinski definition) is 1. The van der Waals surface area contributed by atoms with Crippen molar-refractivity contribution in [3.8, 4) is 0 Å². The minimum atomic E-state index is 0.199. The summed E-state index contributed by atoms with van der Waals surface area (Å²) < 4.78 is 0. The zero-order valence-corrected chi connectivity index (χ0v) is 15.7. The quantitative estimate of drug-likeness (QED) is 0.833. The van der Waals surface area contributed by atoms with E-state index >= 15 is 0 Å². The molecule has 0 atom stereocenters. The highest BCUT2D eigenvalue weighted by atomic mass is 16.2. The maximum Gasteiger partial charge on any atom is 0.227 e. The maximum absolute atomic E-state index is 12.5. The molecule has 0 spiro atoms. The molecule has 0 bridgehead atoms. The highest BCUT2D eigenvalue weighted by Gasteiger charge is 2.22. The second-order valence-corrected chi connectivity index (χ2v) is 7.27. The van der Waals surface area contributed by atoms with Gasteiger partial charge in [0.2, 0.25) is 11.8 Å². The molecule has 1 N–H and O–H groups in total. The average molecular weight is 358 g/mol. The van der Waals surface area contributed by atoms with Crippen LogP contribution in [0.4, 0.5) is 0 Å². The third-order valence-corrected chi connectivity index (χ3v) is 5.31. The standard InChI is InChI=1S/C20H30N4O2/c1-17-2-4-18(5-3-17)16-20(26)24-14-12-22(13-15-24)9-6-19(25)23-10-7-21-8-11-23/h2-5,21H,6-16H2,1H3. The van der Waals surface area contributed by atoms with Gasteiger partial charge in [-0.2, -0.15) is 0 Å². The summed E-state index contributed by atoms with van der Waals surface area (Å²) >= 11 is 0. The van der Waals surface area contributed by atoms with Gasteiger partial charge in [0, 0.05) is 65.3 Å². The molecule has 0 radical (unpaired) electrons. The minimum absolute atomic E-state index is 0.199. The van der Waals surface area contributed by atoms with Crippen molar-refractivity contribution < 1.29 is 9.59 Å². The Labute approximate surface area is 156 Å². The minimum Gasteiger partial charge on any atom is -0.340 e. The van der Waals surface area contributed by atoms with Crippen molar-refractivity contribution in [3.05, 3.63) is 35.4 Å².